The van der Waals surface area contributed by atoms with Gasteiger partial charge >= 0.3 is 0 Å². The number of carbonyl (C=O) groups excluding carboxylic acids is 1. The summed E-state index contributed by atoms with van der Waals surface area (Å²) in [4.78, 5) is 12.7. The molecule has 0 atom stereocenters. The van der Waals surface area contributed by atoms with Gasteiger partial charge in [-0.25, -0.2) is 0 Å². The van der Waals surface area contributed by atoms with Gasteiger partial charge in [-0.15, -0.1) is 0 Å². The topological polar surface area (TPSA) is 57.8 Å². The first-order valence-electron chi connectivity index (χ1n) is 9.44. The number of aromatic nitrogens is 2. The SMILES string of the molecule is CCCc1[nH]nc(-c2ccc(C(C)(C)C)cc2)c1NC(=O)c1ccccc1. The van der Waals surface area contributed by atoms with Crippen LogP contribution >= 0.6 is 0 Å². The van der Waals surface area contributed by atoms with Crippen LogP contribution in [-0.2, 0) is 11.8 Å². The van der Waals surface area contributed by atoms with Crippen LogP contribution in [0.2, 0.25) is 0 Å². The van der Waals surface area contributed by atoms with E-state index in [2.05, 4.69) is 67.5 Å². The number of nitrogens with zero attached hydrogens (tertiary/aromatic N) is 1. The Morgan fingerprint density at radius 3 is 2.30 bits per heavy atom. The molecule has 0 aliphatic rings. The fourth-order valence-corrected chi connectivity index (χ4v) is 3.06. The van der Waals surface area contributed by atoms with E-state index < -0.39 is 0 Å². The number of aromatic amines is 1. The van der Waals surface area contributed by atoms with Crippen LogP contribution in [0, 0.1) is 0 Å². The molecule has 0 aliphatic heterocycles. The van der Waals surface area contributed by atoms with Crippen molar-refractivity contribution in [1.29, 1.82) is 0 Å². The number of benzene rings is 2. The monoisotopic (exact) mass is 361 g/mol. The van der Waals surface area contributed by atoms with Crippen LogP contribution in [0.3, 0.4) is 0 Å². The number of amides is 1. The van der Waals surface area contributed by atoms with Crippen molar-refractivity contribution in [2.45, 2.75) is 46.0 Å². The standard InChI is InChI=1S/C23H27N3O/c1-5-9-19-21(24-22(27)17-10-7-6-8-11-17)20(26-25-19)16-12-14-18(15-13-16)23(2,3)4/h6-8,10-15H,5,9H2,1-4H3,(H,24,27)(H,25,26). The van der Waals surface area contributed by atoms with Crippen LogP contribution < -0.4 is 5.32 Å². The molecule has 0 saturated heterocycles. The maximum Gasteiger partial charge on any atom is 0.255 e. The van der Waals surface area contributed by atoms with Gasteiger partial charge in [-0.1, -0.05) is 76.6 Å². The van der Waals surface area contributed by atoms with Gasteiger partial charge in [-0.3, -0.25) is 9.89 Å². The highest BCUT2D eigenvalue weighted by atomic mass is 16.1. The number of carbonyl (C=O) groups is 1. The number of anilines is 1. The minimum atomic E-state index is -0.123. The largest absolute Gasteiger partial charge is 0.319 e. The second-order valence-corrected chi connectivity index (χ2v) is 7.82. The molecule has 4 heteroatoms. The summed E-state index contributed by atoms with van der Waals surface area (Å²) in [5.41, 5.74) is 5.50. The molecule has 3 rings (SSSR count). The van der Waals surface area contributed by atoms with E-state index in [1.54, 1.807) is 0 Å². The Kier molecular flexibility index (Phi) is 5.45. The highest BCUT2D eigenvalue weighted by Gasteiger charge is 2.19. The smallest absolute Gasteiger partial charge is 0.255 e. The Hall–Kier alpha value is -2.88. The molecule has 2 N–H and O–H groups in total. The van der Waals surface area contributed by atoms with E-state index in [4.69, 9.17) is 0 Å². The number of rotatable bonds is 5. The van der Waals surface area contributed by atoms with Crippen molar-refractivity contribution in [3.05, 3.63) is 71.4 Å². The predicted octanol–water partition coefficient (Wildman–Crippen LogP) is 5.58. The van der Waals surface area contributed by atoms with Gasteiger partial charge in [0.15, 0.2) is 0 Å². The molecule has 1 heterocycles. The van der Waals surface area contributed by atoms with Crippen LogP contribution in [0.25, 0.3) is 11.3 Å². The van der Waals surface area contributed by atoms with Crippen molar-refractivity contribution in [3.8, 4) is 11.3 Å². The maximum atomic E-state index is 12.7. The third-order valence-electron chi connectivity index (χ3n) is 4.64. The molecule has 0 fully saturated rings. The summed E-state index contributed by atoms with van der Waals surface area (Å²) in [5.74, 6) is -0.123. The molecule has 0 radical (unpaired) electrons. The summed E-state index contributed by atoms with van der Waals surface area (Å²) in [5, 5.41) is 10.7. The summed E-state index contributed by atoms with van der Waals surface area (Å²) < 4.78 is 0. The van der Waals surface area contributed by atoms with Crippen LogP contribution in [0.4, 0.5) is 5.69 Å². The third kappa shape index (κ3) is 4.27. The maximum absolute atomic E-state index is 12.7. The fourth-order valence-electron chi connectivity index (χ4n) is 3.06. The molecule has 3 aromatic rings. The van der Waals surface area contributed by atoms with E-state index in [-0.39, 0.29) is 11.3 Å². The highest BCUT2D eigenvalue weighted by molar-refractivity contribution is 6.06. The minimum Gasteiger partial charge on any atom is -0.319 e. The second kappa shape index (κ2) is 7.78. The van der Waals surface area contributed by atoms with E-state index in [1.807, 2.05) is 30.3 Å². The highest BCUT2D eigenvalue weighted by Crippen LogP contribution is 2.32. The van der Waals surface area contributed by atoms with E-state index >= 15 is 0 Å². The van der Waals surface area contributed by atoms with Crippen molar-refractivity contribution < 1.29 is 4.79 Å². The normalized spacial score (nSPS) is 11.4. The Balaban J connectivity index is 1.95. The van der Waals surface area contributed by atoms with Crippen LogP contribution in [-0.4, -0.2) is 16.1 Å². The van der Waals surface area contributed by atoms with E-state index in [1.165, 1.54) is 5.56 Å². The fraction of sp³-hybridized carbons (Fsp3) is 0.304. The average molecular weight is 361 g/mol. The lowest BCUT2D eigenvalue weighted by atomic mass is 9.86. The van der Waals surface area contributed by atoms with Crippen molar-refractivity contribution in [1.82, 2.24) is 10.2 Å². The van der Waals surface area contributed by atoms with Gasteiger partial charge in [0.05, 0.1) is 11.4 Å². The molecule has 1 aromatic heterocycles. The number of aryl methyl sites for hydroxylation is 1. The summed E-state index contributed by atoms with van der Waals surface area (Å²) in [6.45, 7) is 8.70. The molecule has 140 valence electrons. The summed E-state index contributed by atoms with van der Waals surface area (Å²) >= 11 is 0. The summed E-state index contributed by atoms with van der Waals surface area (Å²) in [6.07, 6.45) is 1.80. The molecule has 0 bridgehead atoms. The lowest BCUT2D eigenvalue weighted by Crippen LogP contribution is -2.13. The van der Waals surface area contributed by atoms with Crippen molar-refractivity contribution in [2.75, 3.05) is 5.32 Å². The first kappa shape index (κ1) is 18.9. The van der Waals surface area contributed by atoms with Crippen molar-refractivity contribution in [3.63, 3.8) is 0 Å². The number of hydrogen-bond acceptors (Lipinski definition) is 2. The molecule has 0 spiro atoms. The van der Waals surface area contributed by atoms with E-state index in [0.29, 0.717) is 5.56 Å². The quantitative estimate of drug-likeness (QED) is 0.623. The third-order valence-corrected chi connectivity index (χ3v) is 4.64. The Morgan fingerprint density at radius 1 is 1.04 bits per heavy atom. The van der Waals surface area contributed by atoms with Gasteiger partial charge in [0.1, 0.15) is 5.69 Å². The number of H-pyrrole nitrogens is 1. The van der Waals surface area contributed by atoms with Gasteiger partial charge < -0.3 is 5.32 Å². The first-order valence-corrected chi connectivity index (χ1v) is 9.44. The molecule has 27 heavy (non-hydrogen) atoms. The first-order chi connectivity index (χ1) is 12.9. The molecular formula is C23H27N3O. The molecule has 0 aliphatic carbocycles. The van der Waals surface area contributed by atoms with Crippen molar-refractivity contribution >= 4 is 11.6 Å². The summed E-state index contributed by atoms with van der Waals surface area (Å²) in [7, 11) is 0. The Labute approximate surface area is 161 Å². The van der Waals surface area contributed by atoms with E-state index in [0.717, 1.165) is 35.5 Å². The minimum absolute atomic E-state index is 0.0990. The molecular weight excluding hydrogens is 334 g/mol. The second-order valence-electron chi connectivity index (χ2n) is 7.82. The molecule has 1 amide bonds. The van der Waals surface area contributed by atoms with Crippen molar-refractivity contribution in [2.24, 2.45) is 0 Å². The van der Waals surface area contributed by atoms with Gasteiger partial charge in [0, 0.05) is 11.1 Å². The average Bonchev–Trinajstić information content (AvgIpc) is 3.04. The zero-order chi connectivity index (χ0) is 19.4. The molecule has 0 saturated carbocycles. The van der Waals surface area contributed by atoms with E-state index in [9.17, 15) is 4.79 Å². The Morgan fingerprint density at radius 2 is 1.70 bits per heavy atom. The van der Waals surface area contributed by atoms with Gasteiger partial charge in [0.25, 0.3) is 5.91 Å². The zero-order valence-electron chi connectivity index (χ0n) is 16.5. The van der Waals surface area contributed by atoms with Gasteiger partial charge in [-0.2, -0.15) is 5.10 Å². The lowest BCUT2D eigenvalue weighted by molar-refractivity contribution is 0.102. The molecule has 2 aromatic carbocycles. The van der Waals surface area contributed by atoms with Gasteiger partial charge in [-0.05, 0) is 29.5 Å². The zero-order valence-corrected chi connectivity index (χ0v) is 16.5. The lowest BCUT2D eigenvalue weighted by Gasteiger charge is -2.19. The van der Waals surface area contributed by atoms with Crippen LogP contribution in [0.5, 0.6) is 0 Å². The Bertz CT molecular complexity index is 903. The number of hydrogen-bond donors (Lipinski definition) is 2. The van der Waals surface area contributed by atoms with Crippen LogP contribution in [0.15, 0.2) is 54.6 Å². The number of nitrogens with one attached hydrogen (secondary N) is 2. The molecule has 0 unspecified atom stereocenters. The summed E-state index contributed by atoms with van der Waals surface area (Å²) in [6, 6.07) is 17.7. The van der Waals surface area contributed by atoms with Crippen LogP contribution in [0.1, 0.15) is 55.7 Å². The predicted molar refractivity (Wildman–Crippen MR) is 111 cm³/mol. The van der Waals surface area contributed by atoms with Gasteiger partial charge in [0.2, 0.25) is 0 Å². The molecule has 4 nitrogen and oxygen atoms in total.